The third-order valence-electron chi connectivity index (χ3n) is 2.88. The Morgan fingerprint density at radius 3 is 2.18 bits per heavy atom. The van der Waals surface area contributed by atoms with E-state index in [0.29, 0.717) is 33.0 Å². The van der Waals surface area contributed by atoms with Gasteiger partial charge in [-0.1, -0.05) is 30.3 Å². The molecular formula is C16H23O6-. The summed E-state index contributed by atoms with van der Waals surface area (Å²) in [4.78, 5) is 11.1. The molecule has 0 radical (unpaired) electrons. The molecule has 0 spiro atoms. The second-order valence-corrected chi connectivity index (χ2v) is 4.59. The molecule has 6 nitrogen and oxygen atoms in total. The lowest BCUT2D eigenvalue weighted by Gasteiger charge is -2.19. The number of methoxy groups -OCH3 is 1. The van der Waals surface area contributed by atoms with Crippen LogP contribution in [0.15, 0.2) is 30.3 Å². The first-order chi connectivity index (χ1) is 10.7. The van der Waals surface area contributed by atoms with Gasteiger partial charge in [0.1, 0.15) is 6.10 Å². The van der Waals surface area contributed by atoms with Crippen LogP contribution in [0.3, 0.4) is 0 Å². The molecule has 1 atom stereocenters. The van der Waals surface area contributed by atoms with Gasteiger partial charge in [-0.15, -0.1) is 0 Å². The molecule has 1 aromatic rings. The number of hydrogen-bond acceptors (Lipinski definition) is 6. The smallest absolute Gasteiger partial charge is 0.101 e. The van der Waals surface area contributed by atoms with E-state index in [9.17, 15) is 9.90 Å². The number of carbonyl (C=O) groups is 1. The molecule has 0 fully saturated rings. The maximum atomic E-state index is 11.1. The Bertz CT molecular complexity index is 395. The first kappa shape index (κ1) is 18.6. The fraction of sp³-hybridized carbons (Fsp3) is 0.562. The molecule has 0 N–H and O–H groups in total. The second kappa shape index (κ2) is 12.1. The van der Waals surface area contributed by atoms with Gasteiger partial charge >= 0.3 is 0 Å². The zero-order valence-corrected chi connectivity index (χ0v) is 12.9. The predicted octanol–water partition coefficient (Wildman–Crippen LogP) is 0.0438. The Labute approximate surface area is 130 Å². The van der Waals surface area contributed by atoms with Crippen molar-refractivity contribution < 1.29 is 28.8 Å². The summed E-state index contributed by atoms with van der Waals surface area (Å²) in [5.41, 5.74) is 0.893. The van der Waals surface area contributed by atoms with E-state index in [1.165, 1.54) is 0 Å². The summed E-state index contributed by atoms with van der Waals surface area (Å²) >= 11 is 0. The van der Waals surface area contributed by atoms with E-state index < -0.39 is 12.1 Å². The number of hydrogen-bond donors (Lipinski definition) is 0. The highest BCUT2D eigenvalue weighted by Crippen LogP contribution is 2.05. The van der Waals surface area contributed by atoms with E-state index in [1.807, 2.05) is 30.3 Å². The summed E-state index contributed by atoms with van der Waals surface area (Å²) in [6, 6.07) is 9.30. The third-order valence-corrected chi connectivity index (χ3v) is 2.88. The lowest BCUT2D eigenvalue weighted by atomic mass is 10.1. The highest BCUT2D eigenvalue weighted by Gasteiger charge is 2.11. The van der Waals surface area contributed by atoms with Gasteiger partial charge in [-0.2, -0.15) is 0 Å². The van der Waals surface area contributed by atoms with Crippen molar-refractivity contribution in [1.82, 2.24) is 0 Å². The van der Waals surface area contributed by atoms with Crippen LogP contribution in [-0.4, -0.2) is 58.8 Å². The van der Waals surface area contributed by atoms with E-state index in [-0.39, 0.29) is 13.0 Å². The zero-order chi connectivity index (χ0) is 16.0. The zero-order valence-electron chi connectivity index (χ0n) is 12.9. The molecule has 0 aliphatic carbocycles. The van der Waals surface area contributed by atoms with Crippen LogP contribution in [0, 0.1) is 0 Å². The van der Waals surface area contributed by atoms with Crippen molar-refractivity contribution >= 4 is 5.97 Å². The van der Waals surface area contributed by atoms with Crippen molar-refractivity contribution in [2.24, 2.45) is 0 Å². The molecule has 1 unspecified atom stereocenters. The molecule has 0 aromatic heterocycles. The van der Waals surface area contributed by atoms with E-state index in [2.05, 4.69) is 0 Å². The van der Waals surface area contributed by atoms with Crippen LogP contribution < -0.4 is 5.11 Å². The number of rotatable bonds is 13. The molecule has 0 saturated heterocycles. The first-order valence-electron chi connectivity index (χ1n) is 7.25. The van der Waals surface area contributed by atoms with E-state index in [0.717, 1.165) is 5.56 Å². The van der Waals surface area contributed by atoms with Gasteiger partial charge in [0.15, 0.2) is 0 Å². The topological polar surface area (TPSA) is 77.0 Å². The number of carboxylic acids is 1. The maximum Gasteiger partial charge on any atom is 0.101 e. The van der Waals surface area contributed by atoms with Crippen LogP contribution in [0.2, 0.25) is 0 Å². The monoisotopic (exact) mass is 311 g/mol. The summed E-state index contributed by atoms with van der Waals surface area (Å²) in [5, 5.41) is 11.1. The summed E-state index contributed by atoms with van der Waals surface area (Å²) in [7, 11) is 1.61. The van der Waals surface area contributed by atoms with Crippen molar-refractivity contribution in [3.8, 4) is 0 Å². The van der Waals surface area contributed by atoms with Gasteiger partial charge in [-0.3, -0.25) is 0 Å². The van der Waals surface area contributed by atoms with E-state index >= 15 is 0 Å². The van der Waals surface area contributed by atoms with Gasteiger partial charge < -0.3 is 28.8 Å². The van der Waals surface area contributed by atoms with Crippen LogP contribution in [0.4, 0.5) is 0 Å². The van der Waals surface area contributed by atoms with Gasteiger partial charge in [-0.25, -0.2) is 0 Å². The normalized spacial score (nSPS) is 12.2. The largest absolute Gasteiger partial charge is 0.547 e. The SMILES string of the molecule is COCCOCCOCCOC(Cc1ccccc1)C(=O)[O-]. The van der Waals surface area contributed by atoms with E-state index in [1.54, 1.807) is 7.11 Å². The van der Waals surface area contributed by atoms with Crippen molar-refractivity contribution in [3.05, 3.63) is 35.9 Å². The molecule has 1 rings (SSSR count). The minimum Gasteiger partial charge on any atom is -0.547 e. The fourth-order valence-electron chi connectivity index (χ4n) is 1.75. The summed E-state index contributed by atoms with van der Waals surface area (Å²) in [6.45, 7) is 2.49. The van der Waals surface area contributed by atoms with Gasteiger partial charge in [0.05, 0.1) is 45.6 Å². The Kier molecular flexibility index (Phi) is 10.2. The average molecular weight is 311 g/mol. The van der Waals surface area contributed by atoms with Crippen molar-refractivity contribution in [2.45, 2.75) is 12.5 Å². The Hall–Kier alpha value is -1.47. The second-order valence-electron chi connectivity index (χ2n) is 4.59. The summed E-state index contributed by atoms with van der Waals surface area (Å²) < 4.78 is 20.7. The standard InChI is InChI=1S/C16H24O6/c1-19-7-8-20-9-10-21-11-12-22-15(16(17)18)13-14-5-3-2-4-6-14/h2-6,15H,7-13H2,1H3,(H,17,18)/p-1. The van der Waals surface area contributed by atoms with Crippen LogP contribution in [0.1, 0.15) is 5.56 Å². The number of carbonyl (C=O) groups excluding carboxylic acids is 1. The van der Waals surface area contributed by atoms with Crippen LogP contribution in [0.25, 0.3) is 0 Å². The van der Waals surface area contributed by atoms with Crippen molar-refractivity contribution in [3.63, 3.8) is 0 Å². The van der Waals surface area contributed by atoms with Gasteiger partial charge in [0.25, 0.3) is 0 Å². The van der Waals surface area contributed by atoms with Crippen LogP contribution in [-0.2, 0) is 30.2 Å². The fourth-order valence-corrected chi connectivity index (χ4v) is 1.75. The molecule has 22 heavy (non-hydrogen) atoms. The molecule has 0 aliphatic rings. The Morgan fingerprint density at radius 2 is 1.59 bits per heavy atom. The molecule has 0 saturated carbocycles. The molecule has 124 valence electrons. The molecule has 0 amide bonds. The van der Waals surface area contributed by atoms with Crippen molar-refractivity contribution in [2.75, 3.05) is 46.8 Å². The number of aliphatic carboxylic acids is 1. The summed E-state index contributed by atoms with van der Waals surface area (Å²) in [5.74, 6) is -1.22. The lowest BCUT2D eigenvalue weighted by Crippen LogP contribution is -2.39. The van der Waals surface area contributed by atoms with Crippen molar-refractivity contribution in [1.29, 1.82) is 0 Å². The molecule has 1 aromatic carbocycles. The van der Waals surface area contributed by atoms with E-state index in [4.69, 9.17) is 18.9 Å². The minimum atomic E-state index is -1.22. The molecule has 0 bridgehead atoms. The number of carboxylic acid groups (broad SMARTS) is 1. The quantitative estimate of drug-likeness (QED) is 0.479. The summed E-state index contributed by atoms with van der Waals surface area (Å²) in [6.07, 6.45) is -0.688. The van der Waals surface area contributed by atoms with Gasteiger partial charge in [0.2, 0.25) is 0 Å². The molecule has 6 heteroatoms. The maximum absolute atomic E-state index is 11.1. The Balaban J connectivity index is 2.11. The minimum absolute atomic E-state index is 0.198. The van der Waals surface area contributed by atoms with Gasteiger partial charge in [-0.05, 0) is 5.56 Å². The van der Waals surface area contributed by atoms with Gasteiger partial charge in [0, 0.05) is 13.5 Å². The molecular weight excluding hydrogens is 288 g/mol. The molecule has 0 heterocycles. The average Bonchev–Trinajstić information content (AvgIpc) is 2.53. The number of benzene rings is 1. The third kappa shape index (κ3) is 8.74. The van der Waals surface area contributed by atoms with Crippen LogP contribution in [0.5, 0.6) is 0 Å². The highest BCUT2D eigenvalue weighted by molar-refractivity contribution is 5.70. The molecule has 0 aliphatic heterocycles. The van der Waals surface area contributed by atoms with Crippen LogP contribution >= 0.6 is 0 Å². The first-order valence-corrected chi connectivity index (χ1v) is 7.25. The highest BCUT2D eigenvalue weighted by atomic mass is 16.6. The Morgan fingerprint density at radius 1 is 1.00 bits per heavy atom. The number of ether oxygens (including phenoxy) is 4. The predicted molar refractivity (Wildman–Crippen MR) is 78.4 cm³/mol. The lowest BCUT2D eigenvalue weighted by molar-refractivity contribution is -0.317.